The second-order valence-corrected chi connectivity index (χ2v) is 4.46. The van der Waals surface area contributed by atoms with E-state index in [9.17, 15) is 10.1 Å². The lowest BCUT2D eigenvalue weighted by Crippen LogP contribution is -2.33. The van der Waals surface area contributed by atoms with Gasteiger partial charge in [0, 0.05) is 6.07 Å². The fourth-order valence-electron chi connectivity index (χ4n) is 2.42. The minimum atomic E-state index is -0.349. The van der Waals surface area contributed by atoms with Crippen molar-refractivity contribution in [3.05, 3.63) is 81.5 Å². The van der Waals surface area contributed by atoms with Crippen molar-refractivity contribution in [3.63, 3.8) is 0 Å². The van der Waals surface area contributed by atoms with Gasteiger partial charge in [0.25, 0.3) is 5.69 Å². The van der Waals surface area contributed by atoms with E-state index in [0.717, 1.165) is 5.56 Å². The molecule has 96 valence electrons. The molecule has 2 aromatic rings. The molecule has 1 aromatic carbocycles. The van der Waals surface area contributed by atoms with Gasteiger partial charge in [-0.3, -0.25) is 10.1 Å². The van der Waals surface area contributed by atoms with Gasteiger partial charge in [0.2, 0.25) is 5.69 Å². The summed E-state index contributed by atoms with van der Waals surface area (Å²) in [5.74, 6) is 0. The van der Waals surface area contributed by atoms with Crippen molar-refractivity contribution in [1.82, 2.24) is 0 Å². The molecule has 0 fully saturated rings. The highest BCUT2D eigenvalue weighted by molar-refractivity contribution is 5.86. The Balaban J connectivity index is 2.18. The topological polar surface area (TPSA) is 51.4 Å². The highest BCUT2D eigenvalue weighted by atomic mass is 16.6. The van der Waals surface area contributed by atoms with Crippen molar-refractivity contribution >= 4 is 17.0 Å². The number of fused-ring (bicyclic) bond motifs is 1. The minimum Gasteiger partial charge on any atom is -0.258 e. The van der Waals surface area contributed by atoms with Crippen molar-refractivity contribution in [2.45, 2.75) is 6.54 Å². The van der Waals surface area contributed by atoms with Crippen molar-refractivity contribution in [2.24, 2.45) is 0 Å². The van der Waals surface area contributed by atoms with E-state index in [1.165, 1.54) is 0 Å². The predicted octanol–water partition coefficient (Wildman–Crippen LogP) is 2.68. The lowest BCUT2D eigenvalue weighted by molar-refractivity contribution is -0.684. The smallest absolute Gasteiger partial charge is 0.258 e. The van der Waals surface area contributed by atoms with Crippen LogP contribution in [0.25, 0.3) is 16.1 Å². The molecular weight excluding hydrogens is 254 g/mol. The number of nitro groups is 1. The molecule has 0 aliphatic carbocycles. The SMILES string of the molecule is [C-]#[N+]c1ccc2[n+](c1)CC(c1ccccc1)=C2[N+](=O)[O-]. The van der Waals surface area contributed by atoms with E-state index in [1.807, 2.05) is 30.3 Å². The first-order valence-electron chi connectivity index (χ1n) is 6.05. The van der Waals surface area contributed by atoms with Crippen LogP contribution in [0, 0.1) is 16.7 Å². The molecule has 5 nitrogen and oxygen atoms in total. The molecule has 1 aliphatic rings. The summed E-state index contributed by atoms with van der Waals surface area (Å²) in [6.07, 6.45) is 1.65. The van der Waals surface area contributed by atoms with Gasteiger partial charge in [-0.1, -0.05) is 30.3 Å². The molecule has 0 amide bonds. The maximum absolute atomic E-state index is 11.4. The number of rotatable bonds is 2. The van der Waals surface area contributed by atoms with E-state index in [1.54, 1.807) is 22.9 Å². The molecule has 20 heavy (non-hydrogen) atoms. The first-order valence-corrected chi connectivity index (χ1v) is 6.05. The number of aromatic nitrogens is 1. The molecule has 3 rings (SSSR count). The molecule has 2 heterocycles. The summed E-state index contributed by atoms with van der Waals surface area (Å²) in [5.41, 5.74) is 2.66. The molecule has 0 bridgehead atoms. The molecule has 1 aliphatic heterocycles. The number of hydrogen-bond acceptors (Lipinski definition) is 2. The Morgan fingerprint density at radius 1 is 1.20 bits per heavy atom. The molecule has 0 spiro atoms. The fraction of sp³-hybridized carbons (Fsp3) is 0.0667. The summed E-state index contributed by atoms with van der Waals surface area (Å²) in [5, 5.41) is 11.4. The molecule has 5 heteroatoms. The fourth-order valence-corrected chi connectivity index (χ4v) is 2.42. The van der Waals surface area contributed by atoms with Crippen LogP contribution in [0.2, 0.25) is 0 Å². The molecule has 1 aromatic heterocycles. The van der Waals surface area contributed by atoms with Gasteiger partial charge in [-0.2, -0.15) is 4.57 Å². The third-order valence-corrected chi connectivity index (χ3v) is 3.30. The first-order chi connectivity index (χ1) is 9.70. The summed E-state index contributed by atoms with van der Waals surface area (Å²) in [6.45, 7) is 7.44. The Labute approximate surface area is 115 Å². The van der Waals surface area contributed by atoms with Crippen molar-refractivity contribution in [3.8, 4) is 0 Å². The van der Waals surface area contributed by atoms with Gasteiger partial charge in [0.15, 0.2) is 12.7 Å². The molecular formula is C15H10N3O2+. The van der Waals surface area contributed by atoms with E-state index in [2.05, 4.69) is 4.85 Å². The Bertz CT molecular complexity index is 773. The van der Waals surface area contributed by atoms with Crippen molar-refractivity contribution < 1.29 is 9.49 Å². The minimum absolute atomic E-state index is 0.118. The highest BCUT2D eigenvalue weighted by Gasteiger charge is 2.38. The molecule has 0 atom stereocenters. The van der Waals surface area contributed by atoms with E-state index < -0.39 is 0 Å². The summed E-state index contributed by atoms with van der Waals surface area (Å²) in [4.78, 5) is 14.4. The van der Waals surface area contributed by atoms with Crippen LogP contribution >= 0.6 is 0 Å². The number of hydrogen-bond donors (Lipinski definition) is 0. The monoisotopic (exact) mass is 264 g/mol. The Kier molecular flexibility index (Phi) is 2.77. The van der Waals surface area contributed by atoms with Crippen LogP contribution < -0.4 is 4.57 Å². The largest absolute Gasteiger partial charge is 0.349 e. The number of pyridine rings is 1. The van der Waals surface area contributed by atoms with Gasteiger partial charge in [-0.05, 0) is 11.6 Å². The molecule has 0 saturated carbocycles. The summed E-state index contributed by atoms with van der Waals surface area (Å²) in [7, 11) is 0. The van der Waals surface area contributed by atoms with Crippen LogP contribution in [0.1, 0.15) is 11.3 Å². The third-order valence-electron chi connectivity index (χ3n) is 3.30. The van der Waals surface area contributed by atoms with Crippen molar-refractivity contribution in [1.29, 1.82) is 0 Å². The lowest BCUT2D eigenvalue weighted by atomic mass is 10.0. The van der Waals surface area contributed by atoms with Gasteiger partial charge in [-0.25, -0.2) is 4.85 Å². The van der Waals surface area contributed by atoms with Crippen LogP contribution in [0.4, 0.5) is 5.69 Å². The van der Waals surface area contributed by atoms with Crippen molar-refractivity contribution in [2.75, 3.05) is 0 Å². The van der Waals surface area contributed by atoms with Gasteiger partial charge in [-0.15, -0.1) is 0 Å². The highest BCUT2D eigenvalue weighted by Crippen LogP contribution is 2.31. The Hall–Kier alpha value is -3.00. The van der Waals surface area contributed by atoms with E-state index in [4.69, 9.17) is 6.57 Å². The number of nitrogens with zero attached hydrogens (tertiary/aromatic N) is 3. The standard InChI is InChI=1S/C15H10N3O2/c1-16-12-7-8-14-15(18(19)20)13(10-17(14)9-12)11-5-3-2-4-6-11/h2-9H,10H2/q+1. The maximum Gasteiger partial charge on any atom is 0.349 e. The van der Waals surface area contributed by atoms with Gasteiger partial charge >= 0.3 is 5.70 Å². The summed E-state index contributed by atoms with van der Waals surface area (Å²) >= 11 is 0. The average molecular weight is 264 g/mol. The van der Waals surface area contributed by atoms with Crippen LogP contribution in [0.5, 0.6) is 0 Å². The zero-order chi connectivity index (χ0) is 14.1. The Morgan fingerprint density at radius 3 is 2.60 bits per heavy atom. The number of allylic oxidation sites excluding steroid dienone is 1. The molecule has 0 N–H and O–H groups in total. The van der Waals surface area contributed by atoms with Crippen LogP contribution in [-0.2, 0) is 6.54 Å². The van der Waals surface area contributed by atoms with Crippen LogP contribution in [-0.4, -0.2) is 4.92 Å². The molecule has 0 saturated heterocycles. The van der Waals surface area contributed by atoms with Gasteiger partial charge in [0.05, 0.1) is 11.5 Å². The second-order valence-electron chi connectivity index (χ2n) is 4.46. The van der Waals surface area contributed by atoms with E-state index in [-0.39, 0.29) is 10.6 Å². The molecule has 0 unspecified atom stereocenters. The van der Waals surface area contributed by atoms with Crippen LogP contribution in [0.15, 0.2) is 48.7 Å². The van der Waals surface area contributed by atoms with Gasteiger partial charge < -0.3 is 0 Å². The first kappa shape index (κ1) is 12.1. The molecule has 0 radical (unpaired) electrons. The predicted molar refractivity (Wildman–Crippen MR) is 73.1 cm³/mol. The second kappa shape index (κ2) is 4.59. The normalized spacial score (nSPS) is 12.9. The lowest BCUT2D eigenvalue weighted by Gasteiger charge is -1.97. The number of benzene rings is 1. The quantitative estimate of drug-likeness (QED) is 0.362. The Morgan fingerprint density at radius 2 is 1.95 bits per heavy atom. The summed E-state index contributed by atoms with van der Waals surface area (Å²) < 4.78 is 1.76. The average Bonchev–Trinajstić information content (AvgIpc) is 2.86. The summed E-state index contributed by atoms with van der Waals surface area (Å²) in [6, 6.07) is 12.6. The van der Waals surface area contributed by atoms with Gasteiger partial charge in [0.1, 0.15) is 5.57 Å². The van der Waals surface area contributed by atoms with E-state index in [0.29, 0.717) is 23.5 Å². The van der Waals surface area contributed by atoms with E-state index >= 15 is 0 Å². The third kappa shape index (κ3) is 1.84. The van der Waals surface area contributed by atoms with Crippen LogP contribution in [0.3, 0.4) is 0 Å². The zero-order valence-corrected chi connectivity index (χ0v) is 10.5. The zero-order valence-electron chi connectivity index (χ0n) is 10.5. The maximum atomic E-state index is 11.4.